The maximum atomic E-state index is 13.4. The van der Waals surface area contributed by atoms with Crippen LogP contribution in [0.5, 0.6) is 11.5 Å². The van der Waals surface area contributed by atoms with Gasteiger partial charge in [0.2, 0.25) is 0 Å². The quantitative estimate of drug-likeness (QED) is 0.476. The molecule has 7 nitrogen and oxygen atoms in total. The third-order valence-electron chi connectivity index (χ3n) is 4.98. The number of ether oxygens (including phenoxy) is 2. The number of methoxy groups -OCH3 is 1. The molecule has 2 atom stereocenters. The molecular weight excluding hydrogens is 433 g/mol. The predicted molar refractivity (Wildman–Crippen MR) is 111 cm³/mol. The van der Waals surface area contributed by atoms with Crippen molar-refractivity contribution in [2.24, 2.45) is 0 Å². The maximum Gasteiger partial charge on any atom is 0.184 e. The Morgan fingerprint density at radius 3 is 2.40 bits per heavy atom. The van der Waals surface area contributed by atoms with Gasteiger partial charge in [-0.25, -0.2) is 21.2 Å². The summed E-state index contributed by atoms with van der Waals surface area (Å²) in [5.41, 5.74) is 0.251. The molecule has 3 rings (SSSR count). The molecule has 0 bridgehead atoms. The highest BCUT2D eigenvalue weighted by Crippen LogP contribution is 2.28. The van der Waals surface area contributed by atoms with Crippen LogP contribution in [0.4, 0.5) is 4.39 Å². The molecule has 2 aromatic rings. The average molecular weight is 458 g/mol. The molecule has 2 aromatic carbocycles. The van der Waals surface area contributed by atoms with Crippen molar-refractivity contribution in [2.75, 3.05) is 31.8 Å². The monoisotopic (exact) mass is 457 g/mol. The van der Waals surface area contributed by atoms with Crippen LogP contribution in [0.1, 0.15) is 5.56 Å². The highest BCUT2D eigenvalue weighted by molar-refractivity contribution is 7.96. The van der Waals surface area contributed by atoms with Crippen LogP contribution < -0.4 is 14.8 Å². The number of sulfone groups is 2. The summed E-state index contributed by atoms with van der Waals surface area (Å²) in [7, 11) is -5.93. The summed E-state index contributed by atoms with van der Waals surface area (Å²) in [4.78, 5) is -0.0488. The first-order valence-electron chi connectivity index (χ1n) is 9.33. The molecule has 1 heterocycles. The van der Waals surface area contributed by atoms with Crippen molar-refractivity contribution in [3.8, 4) is 11.5 Å². The van der Waals surface area contributed by atoms with Gasteiger partial charge in [0.1, 0.15) is 23.9 Å². The fourth-order valence-electron chi connectivity index (χ4n) is 3.49. The number of benzene rings is 2. The Hall–Kier alpha value is -2.17. The zero-order valence-corrected chi connectivity index (χ0v) is 18.3. The van der Waals surface area contributed by atoms with E-state index in [9.17, 15) is 21.2 Å². The Morgan fingerprint density at radius 1 is 1.10 bits per heavy atom. The van der Waals surface area contributed by atoms with Gasteiger partial charge in [-0.3, -0.25) is 0 Å². The molecule has 10 heteroatoms. The van der Waals surface area contributed by atoms with Crippen LogP contribution in [0.3, 0.4) is 0 Å². The average Bonchev–Trinajstić information content (AvgIpc) is 3.01. The summed E-state index contributed by atoms with van der Waals surface area (Å²) < 4.78 is 74.6. The van der Waals surface area contributed by atoms with Crippen LogP contribution >= 0.6 is 0 Å². The molecule has 30 heavy (non-hydrogen) atoms. The highest BCUT2D eigenvalue weighted by Gasteiger charge is 2.46. The second-order valence-corrected chi connectivity index (χ2v) is 11.4. The van der Waals surface area contributed by atoms with E-state index in [0.717, 1.165) is 12.1 Å². The van der Waals surface area contributed by atoms with Crippen LogP contribution in [0.15, 0.2) is 47.4 Å². The normalized spacial score (nSPS) is 20.8. The van der Waals surface area contributed by atoms with E-state index < -0.39 is 42.5 Å². The third kappa shape index (κ3) is 5.11. The molecule has 0 saturated carbocycles. The van der Waals surface area contributed by atoms with Crippen LogP contribution in [0.2, 0.25) is 0 Å². The van der Waals surface area contributed by atoms with E-state index in [0.29, 0.717) is 11.5 Å². The van der Waals surface area contributed by atoms with Crippen molar-refractivity contribution in [3.05, 3.63) is 53.8 Å². The van der Waals surface area contributed by atoms with Gasteiger partial charge in [-0.15, -0.1) is 0 Å². The van der Waals surface area contributed by atoms with Gasteiger partial charge < -0.3 is 14.8 Å². The molecule has 0 amide bonds. The summed E-state index contributed by atoms with van der Waals surface area (Å²) in [6, 6.07) is 9.58. The van der Waals surface area contributed by atoms with E-state index in [1.807, 2.05) is 0 Å². The minimum absolute atomic E-state index is 0.0488. The van der Waals surface area contributed by atoms with E-state index >= 15 is 0 Å². The van der Waals surface area contributed by atoms with Crippen LogP contribution in [0, 0.1) is 12.7 Å². The molecule has 1 fully saturated rings. The lowest BCUT2D eigenvalue weighted by Crippen LogP contribution is -2.44. The first kappa shape index (κ1) is 22.5. The number of nitrogens with one attached hydrogen (secondary N) is 1. The minimum Gasteiger partial charge on any atom is -0.497 e. The summed E-state index contributed by atoms with van der Waals surface area (Å²) in [5, 5.41) is 1.86. The number of hydrogen-bond donors (Lipinski definition) is 1. The Labute approximate surface area is 176 Å². The van der Waals surface area contributed by atoms with Crippen LogP contribution in [0.25, 0.3) is 0 Å². The molecule has 0 unspecified atom stereocenters. The van der Waals surface area contributed by atoms with E-state index in [4.69, 9.17) is 9.47 Å². The van der Waals surface area contributed by atoms with Gasteiger partial charge in [-0.2, -0.15) is 0 Å². The molecular formula is C20H24FNO6S2. The van der Waals surface area contributed by atoms with Gasteiger partial charge in [0.25, 0.3) is 0 Å². The number of halogens is 1. The molecule has 0 radical (unpaired) electrons. The molecule has 0 aliphatic carbocycles. The Bertz CT molecular complexity index is 1100. The van der Waals surface area contributed by atoms with Crippen molar-refractivity contribution in [1.29, 1.82) is 0 Å². The van der Waals surface area contributed by atoms with Gasteiger partial charge in [-0.05, 0) is 55.0 Å². The standard InChI is InChI=1S/C20H24FNO6S2/c1-14-11-15(21)3-8-19(14)30(25,26)20-13-29(23,24)12-18(20)22-9-10-28-17-6-4-16(27-2)5-7-17/h3-8,11,18,20,22H,9-10,12-13H2,1-2H3/t18-,20-/m0/s1. The van der Waals surface area contributed by atoms with Crippen LogP contribution in [-0.4, -0.2) is 59.9 Å². The van der Waals surface area contributed by atoms with Gasteiger partial charge in [-0.1, -0.05) is 0 Å². The van der Waals surface area contributed by atoms with Crippen molar-refractivity contribution >= 4 is 19.7 Å². The summed E-state index contributed by atoms with van der Waals surface area (Å²) in [6.07, 6.45) is 0. The number of aryl methyl sites for hydroxylation is 1. The summed E-state index contributed by atoms with van der Waals surface area (Å²) >= 11 is 0. The fraction of sp³-hybridized carbons (Fsp3) is 0.400. The predicted octanol–water partition coefficient (Wildman–Crippen LogP) is 1.75. The van der Waals surface area contributed by atoms with Crippen molar-refractivity contribution < 1.29 is 30.7 Å². The van der Waals surface area contributed by atoms with E-state index in [1.165, 1.54) is 13.0 Å². The van der Waals surface area contributed by atoms with E-state index in [2.05, 4.69) is 5.32 Å². The van der Waals surface area contributed by atoms with Crippen molar-refractivity contribution in [2.45, 2.75) is 23.1 Å². The topological polar surface area (TPSA) is 98.8 Å². The zero-order chi connectivity index (χ0) is 21.9. The molecule has 1 N–H and O–H groups in total. The fourth-order valence-corrected chi connectivity index (χ4v) is 8.44. The molecule has 0 spiro atoms. The molecule has 164 valence electrons. The lowest BCUT2D eigenvalue weighted by atomic mass is 10.2. The zero-order valence-electron chi connectivity index (χ0n) is 16.7. The third-order valence-corrected chi connectivity index (χ3v) is 9.29. The largest absolute Gasteiger partial charge is 0.497 e. The lowest BCUT2D eigenvalue weighted by molar-refractivity contribution is 0.307. The van der Waals surface area contributed by atoms with E-state index in [-0.39, 0.29) is 29.4 Å². The SMILES string of the molecule is COc1ccc(OCCN[C@H]2CS(=O)(=O)C[C@@H]2S(=O)(=O)c2ccc(F)cc2C)cc1. The maximum absolute atomic E-state index is 13.4. The lowest BCUT2D eigenvalue weighted by Gasteiger charge is -2.21. The Kier molecular flexibility index (Phi) is 6.68. The van der Waals surface area contributed by atoms with Crippen LogP contribution in [-0.2, 0) is 19.7 Å². The second-order valence-electron chi connectivity index (χ2n) is 7.15. The first-order chi connectivity index (χ1) is 14.1. The molecule has 1 aliphatic heterocycles. The molecule has 1 saturated heterocycles. The van der Waals surface area contributed by atoms with Gasteiger partial charge in [0, 0.05) is 12.6 Å². The van der Waals surface area contributed by atoms with Gasteiger partial charge >= 0.3 is 0 Å². The number of rotatable bonds is 8. The molecule has 0 aromatic heterocycles. The van der Waals surface area contributed by atoms with Gasteiger partial charge in [0.15, 0.2) is 19.7 Å². The highest BCUT2D eigenvalue weighted by atomic mass is 32.2. The Balaban J connectivity index is 1.68. The Morgan fingerprint density at radius 2 is 1.77 bits per heavy atom. The smallest absolute Gasteiger partial charge is 0.184 e. The van der Waals surface area contributed by atoms with Crippen molar-refractivity contribution in [3.63, 3.8) is 0 Å². The number of hydrogen-bond acceptors (Lipinski definition) is 7. The van der Waals surface area contributed by atoms with Gasteiger partial charge in [0.05, 0.1) is 28.8 Å². The first-order valence-corrected chi connectivity index (χ1v) is 12.7. The minimum atomic E-state index is -3.97. The van der Waals surface area contributed by atoms with Crippen molar-refractivity contribution in [1.82, 2.24) is 5.32 Å². The summed E-state index contributed by atoms with van der Waals surface area (Å²) in [5.74, 6) is 0.0161. The van der Waals surface area contributed by atoms with E-state index in [1.54, 1.807) is 31.4 Å². The molecule has 1 aliphatic rings. The summed E-state index contributed by atoms with van der Waals surface area (Å²) in [6.45, 7) is 1.98. The second kappa shape index (κ2) is 8.91.